The highest BCUT2D eigenvalue weighted by Crippen LogP contribution is 2.48. The van der Waals surface area contributed by atoms with Crippen LogP contribution in [0.3, 0.4) is 0 Å². The summed E-state index contributed by atoms with van der Waals surface area (Å²) in [6.45, 7) is 9.38. The second-order valence-corrected chi connectivity index (χ2v) is 10.1. The molecule has 0 aliphatic carbocycles. The molecule has 0 amide bonds. The number of rotatable bonds is 6. The molecule has 28 heavy (non-hydrogen) atoms. The van der Waals surface area contributed by atoms with Crippen LogP contribution >= 0.6 is 23.5 Å². The highest BCUT2D eigenvalue weighted by molar-refractivity contribution is 8.00. The van der Waals surface area contributed by atoms with Crippen molar-refractivity contribution >= 4 is 34.9 Å². The molecular formula is C23H31N3S2. The van der Waals surface area contributed by atoms with Crippen LogP contribution in [0.1, 0.15) is 19.8 Å². The van der Waals surface area contributed by atoms with Gasteiger partial charge in [0.2, 0.25) is 0 Å². The van der Waals surface area contributed by atoms with Crippen molar-refractivity contribution in [1.82, 2.24) is 9.80 Å². The molecule has 0 N–H and O–H groups in total. The van der Waals surface area contributed by atoms with Gasteiger partial charge in [-0.1, -0.05) is 30.8 Å². The molecule has 5 heteroatoms. The van der Waals surface area contributed by atoms with E-state index in [-0.39, 0.29) is 0 Å². The Balaban J connectivity index is 1.50. The Bertz CT molecular complexity index is 795. The summed E-state index contributed by atoms with van der Waals surface area (Å²) in [5.41, 5.74) is 2.76. The van der Waals surface area contributed by atoms with Gasteiger partial charge in [-0.2, -0.15) is 0 Å². The molecule has 150 valence electrons. The molecule has 1 fully saturated rings. The third kappa shape index (κ3) is 4.70. The molecule has 3 nitrogen and oxygen atoms in total. The van der Waals surface area contributed by atoms with E-state index < -0.39 is 0 Å². The molecule has 0 bridgehead atoms. The normalized spacial score (nSPS) is 17.9. The van der Waals surface area contributed by atoms with Crippen LogP contribution in [0.5, 0.6) is 0 Å². The minimum absolute atomic E-state index is 1.08. The number of hydrogen-bond acceptors (Lipinski definition) is 5. The van der Waals surface area contributed by atoms with Crippen molar-refractivity contribution in [3.05, 3.63) is 42.5 Å². The minimum Gasteiger partial charge on any atom is -0.340 e. The van der Waals surface area contributed by atoms with Crippen molar-refractivity contribution in [1.29, 1.82) is 0 Å². The maximum absolute atomic E-state index is 2.65. The number of likely N-dealkylation sites (N-methyl/N-ethyl adjacent to an activating group) is 1. The number of benzene rings is 2. The summed E-state index contributed by atoms with van der Waals surface area (Å²) in [7, 11) is 2.24. The van der Waals surface area contributed by atoms with Crippen molar-refractivity contribution in [3.8, 4) is 0 Å². The minimum atomic E-state index is 1.08. The van der Waals surface area contributed by atoms with E-state index in [1.165, 1.54) is 71.6 Å². The first kappa shape index (κ1) is 20.1. The van der Waals surface area contributed by atoms with Gasteiger partial charge in [0.15, 0.2) is 0 Å². The summed E-state index contributed by atoms with van der Waals surface area (Å²) in [5, 5.41) is 0. The third-order valence-electron chi connectivity index (χ3n) is 5.58. The van der Waals surface area contributed by atoms with Crippen LogP contribution in [0.4, 0.5) is 11.4 Å². The van der Waals surface area contributed by atoms with E-state index in [1.807, 2.05) is 23.5 Å². The van der Waals surface area contributed by atoms with Crippen LogP contribution in [0, 0.1) is 0 Å². The lowest BCUT2D eigenvalue weighted by Gasteiger charge is -2.33. The predicted octanol–water partition coefficient (Wildman–Crippen LogP) is 5.43. The zero-order chi connectivity index (χ0) is 19.3. The van der Waals surface area contributed by atoms with Crippen LogP contribution in [0.25, 0.3) is 0 Å². The standard InChI is InChI=1S/C23H31N3S2/c1-3-27-19-10-11-23-21(18-19)26(20-8-4-5-9-22(20)28-23)15-7-14-25-13-6-12-24(2)16-17-25/h4-5,8-11,18H,3,6-7,12-17H2,1-2H3. The Hall–Kier alpha value is -1.14. The summed E-state index contributed by atoms with van der Waals surface area (Å²) in [5.74, 6) is 1.12. The summed E-state index contributed by atoms with van der Waals surface area (Å²) in [6.07, 6.45) is 2.49. The Labute approximate surface area is 178 Å². The average molecular weight is 414 g/mol. The number of nitrogens with zero attached hydrogens (tertiary/aromatic N) is 3. The predicted molar refractivity (Wildman–Crippen MR) is 124 cm³/mol. The number of hydrogen-bond donors (Lipinski definition) is 0. The quantitative estimate of drug-likeness (QED) is 0.583. The Kier molecular flexibility index (Phi) is 6.89. The lowest BCUT2D eigenvalue weighted by molar-refractivity contribution is 0.275. The highest BCUT2D eigenvalue weighted by Gasteiger charge is 2.23. The molecule has 1 saturated heterocycles. The van der Waals surface area contributed by atoms with E-state index in [0.717, 1.165) is 12.3 Å². The van der Waals surface area contributed by atoms with E-state index in [4.69, 9.17) is 0 Å². The van der Waals surface area contributed by atoms with E-state index in [0.29, 0.717) is 0 Å². The molecule has 4 rings (SSSR count). The largest absolute Gasteiger partial charge is 0.340 e. The first-order valence-corrected chi connectivity index (χ1v) is 12.3. The number of para-hydroxylation sites is 1. The maximum atomic E-state index is 2.65. The zero-order valence-electron chi connectivity index (χ0n) is 17.1. The van der Waals surface area contributed by atoms with Gasteiger partial charge in [-0.15, -0.1) is 11.8 Å². The molecule has 2 aromatic rings. The van der Waals surface area contributed by atoms with Gasteiger partial charge in [0.1, 0.15) is 0 Å². The van der Waals surface area contributed by atoms with Gasteiger partial charge in [-0.3, -0.25) is 0 Å². The van der Waals surface area contributed by atoms with Crippen LogP contribution in [-0.2, 0) is 0 Å². The van der Waals surface area contributed by atoms with Crippen molar-refractivity contribution < 1.29 is 0 Å². The highest BCUT2D eigenvalue weighted by atomic mass is 32.2. The summed E-state index contributed by atoms with van der Waals surface area (Å²) < 4.78 is 0. The van der Waals surface area contributed by atoms with Gasteiger partial charge < -0.3 is 14.7 Å². The van der Waals surface area contributed by atoms with Gasteiger partial charge >= 0.3 is 0 Å². The second kappa shape index (κ2) is 9.57. The van der Waals surface area contributed by atoms with Gasteiger partial charge in [-0.05, 0) is 75.6 Å². The van der Waals surface area contributed by atoms with Crippen molar-refractivity contribution in [2.45, 2.75) is 34.5 Å². The van der Waals surface area contributed by atoms with Gasteiger partial charge in [0.25, 0.3) is 0 Å². The maximum Gasteiger partial charge on any atom is 0.0564 e. The Morgan fingerprint density at radius 1 is 0.929 bits per heavy atom. The molecule has 2 aliphatic rings. The van der Waals surface area contributed by atoms with Crippen molar-refractivity contribution in [2.75, 3.05) is 57.0 Å². The van der Waals surface area contributed by atoms with Crippen LogP contribution < -0.4 is 4.90 Å². The number of thioether (sulfide) groups is 1. The van der Waals surface area contributed by atoms with Crippen LogP contribution in [0.2, 0.25) is 0 Å². The van der Waals surface area contributed by atoms with E-state index >= 15 is 0 Å². The van der Waals surface area contributed by atoms with Crippen molar-refractivity contribution in [3.63, 3.8) is 0 Å². The first-order chi connectivity index (χ1) is 13.7. The summed E-state index contributed by atoms with van der Waals surface area (Å²) >= 11 is 3.84. The molecule has 0 aromatic heterocycles. The number of anilines is 2. The molecule has 0 unspecified atom stereocenters. The van der Waals surface area contributed by atoms with Crippen molar-refractivity contribution in [2.24, 2.45) is 0 Å². The van der Waals surface area contributed by atoms with Gasteiger partial charge in [0, 0.05) is 34.3 Å². The summed E-state index contributed by atoms with van der Waals surface area (Å²) in [6, 6.07) is 15.9. The second-order valence-electron chi connectivity index (χ2n) is 7.64. The van der Waals surface area contributed by atoms with E-state index in [2.05, 4.69) is 71.1 Å². The SMILES string of the molecule is CCSc1ccc2c(c1)N(CCCN1CCCN(C)CC1)c1ccccc1S2. The Morgan fingerprint density at radius 2 is 1.79 bits per heavy atom. The fraction of sp³-hybridized carbons (Fsp3) is 0.478. The average Bonchev–Trinajstić information content (AvgIpc) is 2.92. The fourth-order valence-electron chi connectivity index (χ4n) is 4.08. The molecule has 0 saturated carbocycles. The monoisotopic (exact) mass is 413 g/mol. The zero-order valence-corrected chi connectivity index (χ0v) is 18.7. The topological polar surface area (TPSA) is 9.72 Å². The van der Waals surface area contributed by atoms with Gasteiger partial charge in [0.05, 0.1) is 11.4 Å². The van der Waals surface area contributed by atoms with Crippen LogP contribution in [0.15, 0.2) is 57.2 Å². The smallest absolute Gasteiger partial charge is 0.0564 e. The molecule has 2 aliphatic heterocycles. The fourth-order valence-corrected chi connectivity index (χ4v) is 5.85. The molecule has 2 heterocycles. The van der Waals surface area contributed by atoms with Crippen LogP contribution in [-0.4, -0.2) is 61.9 Å². The molecule has 0 atom stereocenters. The molecular weight excluding hydrogens is 382 g/mol. The summed E-state index contributed by atoms with van der Waals surface area (Å²) in [4.78, 5) is 11.8. The lowest BCUT2D eigenvalue weighted by atomic mass is 10.2. The van der Waals surface area contributed by atoms with E-state index in [9.17, 15) is 0 Å². The lowest BCUT2D eigenvalue weighted by Crippen LogP contribution is -2.32. The van der Waals surface area contributed by atoms with E-state index in [1.54, 1.807) is 0 Å². The molecule has 0 spiro atoms. The Morgan fingerprint density at radius 3 is 2.68 bits per heavy atom. The van der Waals surface area contributed by atoms with Gasteiger partial charge in [-0.25, -0.2) is 0 Å². The number of fused-ring (bicyclic) bond motifs is 2. The molecule has 0 radical (unpaired) electrons. The third-order valence-corrected chi connectivity index (χ3v) is 7.58. The molecule has 2 aromatic carbocycles. The first-order valence-electron chi connectivity index (χ1n) is 10.5.